The Morgan fingerprint density at radius 2 is 2.16 bits per heavy atom. The summed E-state index contributed by atoms with van der Waals surface area (Å²) in [5, 5.41) is 7.69. The van der Waals surface area contributed by atoms with Crippen molar-refractivity contribution in [2.75, 3.05) is 26.7 Å². The second kappa shape index (κ2) is 7.93. The van der Waals surface area contributed by atoms with E-state index in [2.05, 4.69) is 22.0 Å². The van der Waals surface area contributed by atoms with Gasteiger partial charge in [-0.05, 0) is 30.0 Å². The molecule has 25 heavy (non-hydrogen) atoms. The number of hydrogen-bond acceptors (Lipinski definition) is 6. The van der Waals surface area contributed by atoms with Crippen LogP contribution in [0.15, 0.2) is 22.6 Å². The van der Waals surface area contributed by atoms with Crippen molar-refractivity contribution in [1.29, 1.82) is 0 Å². The van der Waals surface area contributed by atoms with Crippen molar-refractivity contribution in [3.05, 3.63) is 41.4 Å². The van der Waals surface area contributed by atoms with Gasteiger partial charge in [0, 0.05) is 26.6 Å². The lowest BCUT2D eigenvalue weighted by atomic mass is 9.98. The molecule has 3 rings (SSSR count). The van der Waals surface area contributed by atoms with Gasteiger partial charge >= 0.3 is 0 Å². The fourth-order valence-electron chi connectivity index (χ4n) is 3.11. The average molecular weight is 349 g/mol. The zero-order valence-corrected chi connectivity index (χ0v) is 14.9. The van der Waals surface area contributed by atoms with Gasteiger partial charge < -0.3 is 13.9 Å². The van der Waals surface area contributed by atoms with Crippen LogP contribution in [0, 0.1) is 18.7 Å². The highest BCUT2D eigenvalue weighted by molar-refractivity contribution is 5.29. The molecule has 0 spiro atoms. The second-order valence-corrected chi connectivity index (χ2v) is 6.64. The van der Waals surface area contributed by atoms with E-state index in [-0.39, 0.29) is 17.7 Å². The fourth-order valence-corrected chi connectivity index (χ4v) is 3.11. The van der Waals surface area contributed by atoms with E-state index in [0.717, 1.165) is 31.6 Å². The van der Waals surface area contributed by atoms with Crippen LogP contribution in [-0.4, -0.2) is 47.9 Å². The van der Waals surface area contributed by atoms with Crippen LogP contribution < -0.4 is 4.74 Å². The van der Waals surface area contributed by atoms with E-state index >= 15 is 0 Å². The summed E-state index contributed by atoms with van der Waals surface area (Å²) < 4.78 is 29.7. The molecule has 1 atom stereocenters. The molecule has 1 fully saturated rings. The van der Waals surface area contributed by atoms with E-state index in [0.29, 0.717) is 24.3 Å². The van der Waals surface area contributed by atoms with Crippen molar-refractivity contribution >= 4 is 0 Å². The molecule has 0 amide bonds. The molecule has 0 aliphatic carbocycles. The molecule has 1 aromatic carbocycles. The highest BCUT2D eigenvalue weighted by atomic mass is 19.1. The van der Waals surface area contributed by atoms with Gasteiger partial charge in [-0.2, -0.15) is 0 Å². The molecule has 2 aromatic rings. The molecule has 1 aliphatic rings. The van der Waals surface area contributed by atoms with Crippen LogP contribution in [0.3, 0.4) is 0 Å². The molecule has 7 heteroatoms. The molecule has 1 saturated heterocycles. The van der Waals surface area contributed by atoms with E-state index in [1.54, 1.807) is 19.1 Å². The van der Waals surface area contributed by atoms with Gasteiger partial charge in [-0.15, -0.1) is 10.2 Å². The first-order valence-corrected chi connectivity index (χ1v) is 8.49. The Morgan fingerprint density at radius 3 is 2.80 bits per heavy atom. The van der Waals surface area contributed by atoms with Gasteiger partial charge in [0.2, 0.25) is 11.8 Å². The monoisotopic (exact) mass is 349 g/mol. The summed E-state index contributed by atoms with van der Waals surface area (Å²) in [4.78, 5) is 2.34. The van der Waals surface area contributed by atoms with Crippen molar-refractivity contribution in [2.24, 2.45) is 5.92 Å². The maximum absolute atomic E-state index is 13.7. The van der Waals surface area contributed by atoms with Gasteiger partial charge in [-0.3, -0.25) is 4.90 Å². The first kappa shape index (κ1) is 17.8. The zero-order valence-electron chi connectivity index (χ0n) is 14.9. The standard InChI is InChI=1S/C18H24FN3O3/c1-12(6-14-4-5-17(23-3)16(19)7-14)8-22-9-15(10-22)24-11-18-21-20-13(2)25-18/h4-5,7,12,15H,6,8-11H2,1-3H3. The summed E-state index contributed by atoms with van der Waals surface area (Å²) in [7, 11) is 1.47. The molecule has 136 valence electrons. The highest BCUT2D eigenvalue weighted by Gasteiger charge is 2.28. The molecule has 6 nitrogen and oxygen atoms in total. The molecule has 0 saturated carbocycles. The highest BCUT2D eigenvalue weighted by Crippen LogP contribution is 2.21. The molecule has 1 aromatic heterocycles. The number of rotatable bonds is 8. The van der Waals surface area contributed by atoms with E-state index in [9.17, 15) is 4.39 Å². The topological polar surface area (TPSA) is 60.6 Å². The Labute approximate surface area is 146 Å². The van der Waals surface area contributed by atoms with E-state index in [4.69, 9.17) is 13.9 Å². The summed E-state index contributed by atoms with van der Waals surface area (Å²) in [6, 6.07) is 5.17. The predicted molar refractivity (Wildman–Crippen MR) is 89.9 cm³/mol. The Bertz CT molecular complexity index is 701. The third-order valence-electron chi connectivity index (χ3n) is 4.30. The van der Waals surface area contributed by atoms with E-state index in [1.807, 2.05) is 6.07 Å². The van der Waals surface area contributed by atoms with Crippen LogP contribution in [0.2, 0.25) is 0 Å². The maximum Gasteiger partial charge on any atom is 0.242 e. The quantitative estimate of drug-likeness (QED) is 0.730. The molecule has 1 unspecified atom stereocenters. The van der Waals surface area contributed by atoms with Gasteiger partial charge in [-0.25, -0.2) is 4.39 Å². The van der Waals surface area contributed by atoms with Crippen molar-refractivity contribution in [3.8, 4) is 5.75 Å². The number of aryl methyl sites for hydroxylation is 1. The minimum atomic E-state index is -0.305. The van der Waals surface area contributed by atoms with Crippen molar-refractivity contribution in [3.63, 3.8) is 0 Å². The lowest BCUT2D eigenvalue weighted by Gasteiger charge is -2.40. The van der Waals surface area contributed by atoms with Crippen molar-refractivity contribution in [1.82, 2.24) is 15.1 Å². The number of hydrogen-bond donors (Lipinski definition) is 0. The van der Waals surface area contributed by atoms with Crippen LogP contribution >= 0.6 is 0 Å². The first-order valence-electron chi connectivity index (χ1n) is 8.49. The summed E-state index contributed by atoms with van der Waals surface area (Å²) >= 11 is 0. The number of ether oxygens (including phenoxy) is 2. The summed E-state index contributed by atoms with van der Waals surface area (Å²) in [5.41, 5.74) is 0.992. The van der Waals surface area contributed by atoms with Crippen LogP contribution in [0.4, 0.5) is 4.39 Å². The Kier molecular flexibility index (Phi) is 5.65. The van der Waals surface area contributed by atoms with Crippen molar-refractivity contribution in [2.45, 2.75) is 33.0 Å². The number of aromatic nitrogens is 2. The molecule has 1 aliphatic heterocycles. The van der Waals surface area contributed by atoms with E-state index < -0.39 is 0 Å². The number of likely N-dealkylation sites (tertiary alicyclic amines) is 1. The van der Waals surface area contributed by atoms with Crippen LogP contribution in [-0.2, 0) is 17.8 Å². The van der Waals surface area contributed by atoms with E-state index in [1.165, 1.54) is 7.11 Å². The third kappa shape index (κ3) is 4.76. The lowest BCUT2D eigenvalue weighted by molar-refractivity contribution is -0.0719. The number of methoxy groups -OCH3 is 1. The average Bonchev–Trinajstić information content (AvgIpc) is 2.95. The second-order valence-electron chi connectivity index (χ2n) is 6.64. The SMILES string of the molecule is COc1ccc(CC(C)CN2CC(OCc3nnc(C)o3)C2)cc1F. The smallest absolute Gasteiger partial charge is 0.242 e. The molecular formula is C18H24FN3O3. The normalized spacial score (nSPS) is 16.6. The number of benzene rings is 1. The largest absolute Gasteiger partial charge is 0.494 e. The van der Waals surface area contributed by atoms with Gasteiger partial charge in [0.25, 0.3) is 0 Å². The Morgan fingerprint density at radius 1 is 1.36 bits per heavy atom. The fraction of sp³-hybridized carbons (Fsp3) is 0.556. The van der Waals surface area contributed by atoms with Crippen LogP contribution in [0.25, 0.3) is 0 Å². The minimum Gasteiger partial charge on any atom is -0.494 e. The van der Waals surface area contributed by atoms with Crippen LogP contribution in [0.5, 0.6) is 5.75 Å². The lowest BCUT2D eigenvalue weighted by Crippen LogP contribution is -2.53. The van der Waals surface area contributed by atoms with Crippen LogP contribution in [0.1, 0.15) is 24.3 Å². The van der Waals surface area contributed by atoms with Gasteiger partial charge in [0.05, 0.1) is 13.2 Å². The maximum atomic E-state index is 13.7. The molecule has 0 radical (unpaired) electrons. The first-order chi connectivity index (χ1) is 12.0. The zero-order chi connectivity index (χ0) is 17.8. The molecule has 0 bridgehead atoms. The Hall–Kier alpha value is -1.99. The summed E-state index contributed by atoms with van der Waals surface area (Å²) in [6.45, 7) is 7.06. The molecule has 2 heterocycles. The van der Waals surface area contributed by atoms with Crippen molar-refractivity contribution < 1.29 is 18.3 Å². The summed E-state index contributed by atoms with van der Waals surface area (Å²) in [5.74, 6) is 1.49. The third-order valence-corrected chi connectivity index (χ3v) is 4.30. The Balaban J connectivity index is 1.37. The predicted octanol–water partition coefficient (Wildman–Crippen LogP) is 2.61. The number of nitrogens with zero attached hydrogens (tertiary/aromatic N) is 3. The summed E-state index contributed by atoms with van der Waals surface area (Å²) in [6.07, 6.45) is 1.04. The van der Waals surface area contributed by atoms with Gasteiger partial charge in [0.15, 0.2) is 11.6 Å². The number of halogens is 1. The molecule has 0 N–H and O–H groups in total. The van der Waals surface area contributed by atoms with Gasteiger partial charge in [0.1, 0.15) is 6.61 Å². The minimum absolute atomic E-state index is 0.206. The molecular weight excluding hydrogens is 325 g/mol. The van der Waals surface area contributed by atoms with Gasteiger partial charge in [-0.1, -0.05) is 13.0 Å².